The van der Waals surface area contributed by atoms with Crippen molar-refractivity contribution in [1.29, 1.82) is 0 Å². The predicted octanol–water partition coefficient (Wildman–Crippen LogP) is 3.86. The number of hydrogen-bond donors (Lipinski definition) is 1. The van der Waals surface area contributed by atoms with E-state index >= 15 is 0 Å². The minimum atomic E-state index is 0.552. The summed E-state index contributed by atoms with van der Waals surface area (Å²) in [5.41, 5.74) is 9.00. The van der Waals surface area contributed by atoms with Gasteiger partial charge in [-0.05, 0) is 36.3 Å². The van der Waals surface area contributed by atoms with E-state index in [1.54, 1.807) is 0 Å². The summed E-state index contributed by atoms with van der Waals surface area (Å²) in [6.07, 6.45) is 8.74. The first-order chi connectivity index (χ1) is 9.72. The lowest BCUT2D eigenvalue weighted by atomic mass is 9.72. The van der Waals surface area contributed by atoms with Crippen molar-refractivity contribution in [3.05, 3.63) is 35.4 Å². The molecule has 2 N–H and O–H groups in total. The van der Waals surface area contributed by atoms with Crippen LogP contribution < -0.4 is 5.73 Å². The zero-order valence-corrected chi connectivity index (χ0v) is 12.8. The van der Waals surface area contributed by atoms with Crippen molar-refractivity contribution in [3.8, 4) is 0 Å². The molecule has 20 heavy (non-hydrogen) atoms. The van der Waals surface area contributed by atoms with E-state index in [4.69, 9.17) is 5.73 Å². The van der Waals surface area contributed by atoms with E-state index in [2.05, 4.69) is 36.1 Å². The molecule has 1 saturated heterocycles. The summed E-state index contributed by atoms with van der Waals surface area (Å²) in [5.74, 6) is 0. The van der Waals surface area contributed by atoms with Crippen LogP contribution in [0.3, 0.4) is 0 Å². The van der Waals surface area contributed by atoms with Gasteiger partial charge in [-0.15, -0.1) is 0 Å². The maximum atomic E-state index is 5.67. The van der Waals surface area contributed by atoms with Crippen LogP contribution >= 0.6 is 0 Å². The van der Waals surface area contributed by atoms with Crippen LogP contribution in [0.4, 0.5) is 0 Å². The second-order valence-corrected chi connectivity index (χ2v) is 6.94. The lowest BCUT2D eigenvalue weighted by molar-refractivity contribution is -0.0380. The lowest BCUT2D eigenvalue weighted by Gasteiger charge is -2.53. The maximum absolute atomic E-state index is 5.67. The summed E-state index contributed by atoms with van der Waals surface area (Å²) < 4.78 is 0. The minimum absolute atomic E-state index is 0.552. The number of likely N-dealkylation sites (tertiary alicyclic amines) is 1. The number of benzene rings is 1. The predicted molar refractivity (Wildman–Crippen MR) is 84.5 cm³/mol. The van der Waals surface area contributed by atoms with Gasteiger partial charge in [0, 0.05) is 25.7 Å². The molecule has 2 fully saturated rings. The average molecular weight is 272 g/mol. The van der Waals surface area contributed by atoms with Gasteiger partial charge in [0.1, 0.15) is 0 Å². The van der Waals surface area contributed by atoms with Crippen molar-refractivity contribution in [2.24, 2.45) is 11.1 Å². The highest BCUT2D eigenvalue weighted by Gasteiger charge is 2.44. The molecule has 1 aliphatic carbocycles. The van der Waals surface area contributed by atoms with Gasteiger partial charge in [-0.2, -0.15) is 0 Å². The Hall–Kier alpha value is -0.860. The van der Waals surface area contributed by atoms with Gasteiger partial charge in [0.15, 0.2) is 0 Å². The third kappa shape index (κ3) is 2.77. The molecule has 110 valence electrons. The molecule has 0 aromatic heterocycles. The highest BCUT2D eigenvalue weighted by molar-refractivity contribution is 5.25. The first-order valence-corrected chi connectivity index (χ1v) is 8.25. The summed E-state index contributed by atoms with van der Waals surface area (Å²) in [6.45, 7) is 5.61. The Balaban J connectivity index is 1.60. The summed E-state index contributed by atoms with van der Waals surface area (Å²) in [4.78, 5) is 2.66. The van der Waals surface area contributed by atoms with E-state index in [-0.39, 0.29) is 0 Å². The fraction of sp³-hybridized carbons (Fsp3) is 0.667. The number of nitrogens with two attached hydrogens (primary N) is 1. The summed E-state index contributed by atoms with van der Waals surface area (Å²) >= 11 is 0. The standard InChI is InChI=1S/C18H28N2/c1-15(17-8-6-16(12-19)7-9-17)20-13-18(14-20)10-4-2-3-5-11-18/h6-9,15H,2-5,10-14,19H2,1H3. The molecule has 0 radical (unpaired) electrons. The molecule has 1 spiro atoms. The average Bonchev–Trinajstić information content (AvgIpc) is 2.71. The Bertz CT molecular complexity index is 421. The molecular weight excluding hydrogens is 244 g/mol. The molecule has 1 saturated carbocycles. The molecule has 1 aliphatic heterocycles. The normalized spacial score (nSPS) is 24.1. The van der Waals surface area contributed by atoms with Gasteiger partial charge in [0.2, 0.25) is 0 Å². The van der Waals surface area contributed by atoms with Gasteiger partial charge >= 0.3 is 0 Å². The second kappa shape index (κ2) is 5.87. The molecule has 1 aromatic carbocycles. The van der Waals surface area contributed by atoms with Gasteiger partial charge in [-0.3, -0.25) is 4.90 Å². The van der Waals surface area contributed by atoms with Crippen molar-refractivity contribution in [3.63, 3.8) is 0 Å². The van der Waals surface area contributed by atoms with Crippen LogP contribution in [0.25, 0.3) is 0 Å². The van der Waals surface area contributed by atoms with Crippen LogP contribution in [-0.4, -0.2) is 18.0 Å². The Morgan fingerprint density at radius 3 is 2.20 bits per heavy atom. The Morgan fingerprint density at radius 2 is 1.65 bits per heavy atom. The maximum Gasteiger partial charge on any atom is 0.0320 e. The quantitative estimate of drug-likeness (QED) is 0.905. The van der Waals surface area contributed by atoms with E-state index < -0.39 is 0 Å². The van der Waals surface area contributed by atoms with Crippen molar-refractivity contribution in [2.45, 2.75) is 58.0 Å². The Kier molecular flexibility index (Phi) is 4.13. The van der Waals surface area contributed by atoms with Gasteiger partial charge in [0.05, 0.1) is 0 Å². The smallest absolute Gasteiger partial charge is 0.0320 e. The fourth-order valence-corrected chi connectivity index (χ4v) is 4.03. The van der Waals surface area contributed by atoms with Gasteiger partial charge in [0.25, 0.3) is 0 Å². The topological polar surface area (TPSA) is 29.3 Å². The number of nitrogens with zero attached hydrogens (tertiary/aromatic N) is 1. The van der Waals surface area contributed by atoms with Crippen LogP contribution in [-0.2, 0) is 6.54 Å². The molecule has 2 heteroatoms. The van der Waals surface area contributed by atoms with E-state index in [0.29, 0.717) is 18.0 Å². The van der Waals surface area contributed by atoms with Gasteiger partial charge < -0.3 is 5.73 Å². The first kappa shape index (κ1) is 14.1. The van der Waals surface area contributed by atoms with E-state index in [9.17, 15) is 0 Å². The van der Waals surface area contributed by atoms with Gasteiger partial charge in [-0.25, -0.2) is 0 Å². The number of rotatable bonds is 3. The Morgan fingerprint density at radius 1 is 1.05 bits per heavy atom. The van der Waals surface area contributed by atoms with Crippen molar-refractivity contribution in [1.82, 2.24) is 4.90 Å². The third-order valence-electron chi connectivity index (χ3n) is 5.49. The summed E-state index contributed by atoms with van der Waals surface area (Å²) in [5, 5.41) is 0. The van der Waals surface area contributed by atoms with Crippen molar-refractivity contribution in [2.75, 3.05) is 13.1 Å². The summed E-state index contributed by atoms with van der Waals surface area (Å²) in [7, 11) is 0. The van der Waals surface area contributed by atoms with Crippen molar-refractivity contribution < 1.29 is 0 Å². The van der Waals surface area contributed by atoms with Crippen LogP contribution in [0.15, 0.2) is 24.3 Å². The third-order valence-corrected chi connectivity index (χ3v) is 5.49. The first-order valence-electron chi connectivity index (χ1n) is 8.25. The zero-order chi connectivity index (χ0) is 14.0. The van der Waals surface area contributed by atoms with E-state index in [1.807, 2.05) is 0 Å². The van der Waals surface area contributed by atoms with Crippen LogP contribution in [0, 0.1) is 5.41 Å². The molecule has 1 aromatic rings. The molecule has 2 nitrogen and oxygen atoms in total. The van der Waals surface area contributed by atoms with Crippen molar-refractivity contribution >= 4 is 0 Å². The SMILES string of the molecule is CC(c1ccc(CN)cc1)N1CC2(CCCCCC2)C1. The minimum Gasteiger partial charge on any atom is -0.326 e. The van der Waals surface area contributed by atoms with Gasteiger partial charge in [-0.1, -0.05) is 49.9 Å². The molecule has 0 amide bonds. The van der Waals surface area contributed by atoms with Crippen LogP contribution in [0.1, 0.15) is 62.6 Å². The molecule has 0 bridgehead atoms. The highest BCUT2D eigenvalue weighted by atomic mass is 15.2. The molecule has 1 unspecified atom stereocenters. The Labute approximate surface area is 123 Å². The van der Waals surface area contributed by atoms with E-state index in [0.717, 1.165) is 0 Å². The monoisotopic (exact) mass is 272 g/mol. The van der Waals surface area contributed by atoms with Crippen LogP contribution in [0.5, 0.6) is 0 Å². The van der Waals surface area contributed by atoms with Crippen LogP contribution in [0.2, 0.25) is 0 Å². The molecular formula is C18H28N2. The summed E-state index contributed by atoms with van der Waals surface area (Å²) in [6, 6.07) is 9.41. The zero-order valence-electron chi connectivity index (χ0n) is 12.8. The molecule has 1 atom stereocenters. The molecule has 1 heterocycles. The largest absolute Gasteiger partial charge is 0.326 e. The fourth-order valence-electron chi connectivity index (χ4n) is 4.03. The lowest BCUT2D eigenvalue weighted by Crippen LogP contribution is -2.56. The molecule has 2 aliphatic rings. The molecule has 3 rings (SSSR count). The second-order valence-electron chi connectivity index (χ2n) is 6.94. The van der Waals surface area contributed by atoms with E-state index in [1.165, 1.54) is 62.7 Å². The number of hydrogen-bond acceptors (Lipinski definition) is 2. The highest BCUT2D eigenvalue weighted by Crippen LogP contribution is 2.45.